The minimum absolute atomic E-state index is 0.300. The lowest BCUT2D eigenvalue weighted by atomic mass is 10.2. The second-order valence-corrected chi connectivity index (χ2v) is 4.43. The van der Waals surface area contributed by atoms with Crippen LogP contribution in [0.5, 0.6) is 0 Å². The molecule has 1 amide bonds. The largest absolute Gasteiger partial charge is 0.348 e. The van der Waals surface area contributed by atoms with E-state index in [9.17, 15) is 9.59 Å². The standard InChI is InChI=1S/C13H16N4O2/c1-9-10(8-17(3)15-9)7-14-13(19)12(18)11-5-4-6-16(11)2/h4-6,8H,7H2,1-3H3,(H,14,19). The fourth-order valence-corrected chi connectivity index (χ4v) is 1.89. The van der Waals surface area contributed by atoms with Crippen LogP contribution in [0.1, 0.15) is 21.7 Å². The van der Waals surface area contributed by atoms with Crippen molar-refractivity contribution in [3.8, 4) is 0 Å². The Morgan fingerprint density at radius 1 is 1.37 bits per heavy atom. The zero-order valence-corrected chi connectivity index (χ0v) is 11.2. The van der Waals surface area contributed by atoms with Crippen molar-refractivity contribution in [2.45, 2.75) is 13.5 Å². The Labute approximate surface area is 111 Å². The molecule has 0 bridgehead atoms. The maximum Gasteiger partial charge on any atom is 0.294 e. The molecule has 1 N–H and O–H groups in total. The molecule has 2 heterocycles. The molecule has 0 aromatic carbocycles. The quantitative estimate of drug-likeness (QED) is 0.645. The molecule has 0 aliphatic rings. The first-order valence-electron chi connectivity index (χ1n) is 5.92. The molecule has 0 radical (unpaired) electrons. The normalized spacial score (nSPS) is 10.5. The van der Waals surface area contributed by atoms with Gasteiger partial charge in [-0.25, -0.2) is 0 Å². The lowest BCUT2D eigenvalue weighted by molar-refractivity contribution is -0.117. The topological polar surface area (TPSA) is 68.9 Å². The third-order valence-corrected chi connectivity index (χ3v) is 2.94. The Kier molecular flexibility index (Phi) is 3.50. The fraction of sp³-hybridized carbons (Fsp3) is 0.308. The van der Waals surface area contributed by atoms with Gasteiger partial charge in [0, 0.05) is 38.6 Å². The fourth-order valence-electron chi connectivity index (χ4n) is 1.89. The number of aromatic nitrogens is 3. The van der Waals surface area contributed by atoms with E-state index in [1.807, 2.05) is 20.2 Å². The number of hydrogen-bond donors (Lipinski definition) is 1. The molecule has 100 valence electrons. The van der Waals surface area contributed by atoms with Crippen LogP contribution >= 0.6 is 0 Å². The van der Waals surface area contributed by atoms with Crippen LogP contribution in [-0.4, -0.2) is 26.0 Å². The van der Waals surface area contributed by atoms with Gasteiger partial charge >= 0.3 is 0 Å². The van der Waals surface area contributed by atoms with Crippen LogP contribution in [0.4, 0.5) is 0 Å². The van der Waals surface area contributed by atoms with Crippen molar-refractivity contribution in [1.29, 1.82) is 0 Å². The van der Waals surface area contributed by atoms with Gasteiger partial charge in [-0.05, 0) is 19.1 Å². The summed E-state index contributed by atoms with van der Waals surface area (Å²) in [6.45, 7) is 2.16. The number of nitrogens with zero attached hydrogens (tertiary/aromatic N) is 3. The van der Waals surface area contributed by atoms with Crippen LogP contribution in [0, 0.1) is 6.92 Å². The number of aryl methyl sites for hydroxylation is 3. The Morgan fingerprint density at radius 2 is 2.11 bits per heavy atom. The van der Waals surface area contributed by atoms with Crippen molar-refractivity contribution in [3.63, 3.8) is 0 Å². The summed E-state index contributed by atoms with van der Waals surface area (Å²) in [6, 6.07) is 3.35. The lowest BCUT2D eigenvalue weighted by Gasteiger charge is -2.04. The van der Waals surface area contributed by atoms with Gasteiger partial charge < -0.3 is 9.88 Å². The van der Waals surface area contributed by atoms with Crippen LogP contribution in [0.25, 0.3) is 0 Å². The van der Waals surface area contributed by atoms with Crippen molar-refractivity contribution < 1.29 is 9.59 Å². The number of ketones is 1. The van der Waals surface area contributed by atoms with Crippen LogP contribution in [-0.2, 0) is 25.4 Å². The maximum atomic E-state index is 11.9. The molecule has 0 saturated carbocycles. The highest BCUT2D eigenvalue weighted by molar-refractivity contribution is 6.42. The summed E-state index contributed by atoms with van der Waals surface area (Å²) in [6.07, 6.45) is 3.55. The summed E-state index contributed by atoms with van der Waals surface area (Å²) in [5, 5.41) is 6.79. The smallest absolute Gasteiger partial charge is 0.294 e. The summed E-state index contributed by atoms with van der Waals surface area (Å²) in [5.74, 6) is -1.14. The molecule has 19 heavy (non-hydrogen) atoms. The minimum atomic E-state index is -0.606. The van der Waals surface area contributed by atoms with Crippen molar-refractivity contribution in [2.75, 3.05) is 0 Å². The van der Waals surface area contributed by atoms with Crippen molar-refractivity contribution in [3.05, 3.63) is 41.5 Å². The number of rotatable bonds is 4. The second-order valence-electron chi connectivity index (χ2n) is 4.43. The van der Waals surface area contributed by atoms with Crippen LogP contribution in [0.3, 0.4) is 0 Å². The average molecular weight is 260 g/mol. The van der Waals surface area contributed by atoms with Gasteiger partial charge in [0.25, 0.3) is 11.7 Å². The Morgan fingerprint density at radius 3 is 2.63 bits per heavy atom. The molecule has 6 heteroatoms. The number of nitrogens with one attached hydrogen (secondary N) is 1. The molecular formula is C13H16N4O2. The molecule has 0 fully saturated rings. The second kappa shape index (κ2) is 5.09. The van der Waals surface area contributed by atoms with E-state index in [0.29, 0.717) is 12.2 Å². The first kappa shape index (κ1) is 13.1. The van der Waals surface area contributed by atoms with Gasteiger partial charge in [0.15, 0.2) is 0 Å². The third-order valence-electron chi connectivity index (χ3n) is 2.94. The Balaban J connectivity index is 2.01. The zero-order chi connectivity index (χ0) is 14.0. The van der Waals surface area contributed by atoms with Crippen molar-refractivity contribution in [2.24, 2.45) is 14.1 Å². The van der Waals surface area contributed by atoms with Crippen LogP contribution < -0.4 is 5.32 Å². The molecule has 0 aliphatic heterocycles. The van der Waals surface area contributed by atoms with Crippen molar-refractivity contribution >= 4 is 11.7 Å². The van der Waals surface area contributed by atoms with E-state index in [-0.39, 0.29) is 0 Å². The van der Waals surface area contributed by atoms with Gasteiger partial charge in [-0.1, -0.05) is 0 Å². The van der Waals surface area contributed by atoms with Crippen molar-refractivity contribution in [1.82, 2.24) is 19.7 Å². The number of carbonyl (C=O) groups is 2. The summed E-state index contributed by atoms with van der Waals surface area (Å²) in [7, 11) is 3.54. The molecule has 0 unspecified atom stereocenters. The zero-order valence-electron chi connectivity index (χ0n) is 11.2. The molecular weight excluding hydrogens is 244 g/mol. The van der Waals surface area contributed by atoms with E-state index in [2.05, 4.69) is 10.4 Å². The predicted molar refractivity (Wildman–Crippen MR) is 69.5 cm³/mol. The lowest BCUT2D eigenvalue weighted by Crippen LogP contribution is -2.31. The molecule has 6 nitrogen and oxygen atoms in total. The van der Waals surface area contributed by atoms with E-state index in [1.54, 1.807) is 34.6 Å². The van der Waals surface area contributed by atoms with Gasteiger partial charge in [0.1, 0.15) is 0 Å². The van der Waals surface area contributed by atoms with Crippen LogP contribution in [0.15, 0.2) is 24.5 Å². The van der Waals surface area contributed by atoms with E-state index < -0.39 is 11.7 Å². The third kappa shape index (κ3) is 2.73. The molecule has 0 saturated heterocycles. The summed E-state index contributed by atoms with van der Waals surface area (Å²) in [5.41, 5.74) is 2.12. The maximum absolute atomic E-state index is 11.9. The van der Waals surface area contributed by atoms with Gasteiger partial charge in [-0.2, -0.15) is 5.10 Å². The molecule has 2 aromatic rings. The minimum Gasteiger partial charge on any atom is -0.348 e. The SMILES string of the molecule is Cc1nn(C)cc1CNC(=O)C(=O)c1cccn1C. The van der Waals surface area contributed by atoms with Gasteiger partial charge in [0.2, 0.25) is 0 Å². The molecule has 0 spiro atoms. The van der Waals surface area contributed by atoms with E-state index in [0.717, 1.165) is 11.3 Å². The van der Waals surface area contributed by atoms with Gasteiger partial charge in [-0.3, -0.25) is 14.3 Å². The van der Waals surface area contributed by atoms with Crippen LogP contribution in [0.2, 0.25) is 0 Å². The highest BCUT2D eigenvalue weighted by Crippen LogP contribution is 2.05. The molecule has 0 aliphatic carbocycles. The average Bonchev–Trinajstić information content (AvgIpc) is 2.91. The number of hydrogen-bond acceptors (Lipinski definition) is 3. The molecule has 2 rings (SSSR count). The summed E-state index contributed by atoms with van der Waals surface area (Å²) in [4.78, 5) is 23.7. The van der Waals surface area contributed by atoms with E-state index >= 15 is 0 Å². The summed E-state index contributed by atoms with van der Waals surface area (Å²) >= 11 is 0. The number of amides is 1. The summed E-state index contributed by atoms with van der Waals surface area (Å²) < 4.78 is 3.30. The first-order valence-corrected chi connectivity index (χ1v) is 5.92. The highest BCUT2D eigenvalue weighted by atomic mass is 16.2. The van der Waals surface area contributed by atoms with E-state index in [4.69, 9.17) is 0 Å². The van der Waals surface area contributed by atoms with E-state index in [1.165, 1.54) is 0 Å². The molecule has 2 aromatic heterocycles. The highest BCUT2D eigenvalue weighted by Gasteiger charge is 2.18. The predicted octanol–water partition coefficient (Wildman–Crippen LogP) is 0.566. The number of carbonyl (C=O) groups excluding carboxylic acids is 2. The first-order chi connectivity index (χ1) is 8.99. The molecule has 0 atom stereocenters. The number of Topliss-reactive ketones (excluding diaryl/α,β-unsaturated/α-hetero) is 1. The monoisotopic (exact) mass is 260 g/mol. The Hall–Kier alpha value is -2.37. The Bertz CT molecular complexity index is 624. The van der Waals surface area contributed by atoms with Gasteiger partial charge in [-0.15, -0.1) is 0 Å². The van der Waals surface area contributed by atoms with Gasteiger partial charge in [0.05, 0.1) is 11.4 Å².